The van der Waals surface area contributed by atoms with E-state index in [1.165, 1.54) is 0 Å². The molecule has 1 heterocycles. The molecule has 2 aromatic carbocycles. The van der Waals surface area contributed by atoms with Crippen LogP contribution in [-0.4, -0.2) is 18.5 Å². The summed E-state index contributed by atoms with van der Waals surface area (Å²) in [6, 6.07) is 7.47. The van der Waals surface area contributed by atoms with Gasteiger partial charge in [0.1, 0.15) is 10.5 Å². The van der Waals surface area contributed by atoms with E-state index in [2.05, 4.69) is 0 Å². The van der Waals surface area contributed by atoms with Gasteiger partial charge in [-0.3, -0.25) is 0 Å². The van der Waals surface area contributed by atoms with Crippen molar-refractivity contribution in [1.29, 1.82) is 0 Å². The van der Waals surface area contributed by atoms with Gasteiger partial charge < -0.3 is 4.55 Å². The highest BCUT2D eigenvalue weighted by molar-refractivity contribution is 7.86. The molecule has 160 valence electrons. The van der Waals surface area contributed by atoms with Crippen molar-refractivity contribution < 1.29 is 39.3 Å². The molecule has 11 heteroatoms. The maximum atomic E-state index is 13.7. The Morgan fingerprint density at radius 3 is 1.31 bits per heavy atom. The molecule has 0 saturated heterocycles. The van der Waals surface area contributed by atoms with Crippen molar-refractivity contribution in [2.24, 2.45) is 0 Å². The number of hydrogen-bond donors (Lipinski definition) is 0. The van der Waals surface area contributed by atoms with E-state index in [1.807, 2.05) is 38.1 Å². The fraction of sp³-hybridized carbons (Fsp3) is 0.333. The molecule has 0 aliphatic carbocycles. The summed E-state index contributed by atoms with van der Waals surface area (Å²) in [6.45, 7) is 7.43. The molecule has 0 saturated carbocycles. The maximum absolute atomic E-state index is 13.7. The minimum absolute atomic E-state index is 0.455. The average Bonchev–Trinajstić information content (AvgIpc) is 2.81. The van der Waals surface area contributed by atoms with Gasteiger partial charge in [-0.2, -0.15) is 13.2 Å². The monoisotopic (exact) mass is 458 g/mol. The largest absolute Gasteiger partial charge is 0.741 e. The number of alkyl halides is 6. The van der Waals surface area contributed by atoms with Gasteiger partial charge in [0.15, 0.2) is 19.5 Å². The summed E-state index contributed by atoms with van der Waals surface area (Å²) in [6.07, 6.45) is 0. The van der Waals surface area contributed by atoms with Gasteiger partial charge in [-0.15, -0.1) is 13.2 Å². The summed E-state index contributed by atoms with van der Waals surface area (Å²) in [7, 11) is -7.92. The lowest BCUT2D eigenvalue weighted by Gasteiger charge is -2.08. The van der Waals surface area contributed by atoms with E-state index in [-0.39, 0.29) is 0 Å². The zero-order chi connectivity index (χ0) is 22.5. The highest BCUT2D eigenvalue weighted by atomic mass is 32.2. The van der Waals surface area contributed by atoms with Crippen LogP contribution in [0.4, 0.5) is 26.3 Å². The molecular formula is C18H16F6O3S2. The second kappa shape index (κ2) is 7.44. The van der Waals surface area contributed by atoms with Crippen molar-refractivity contribution in [2.75, 3.05) is 0 Å². The van der Waals surface area contributed by atoms with Crippen LogP contribution < -0.4 is 0 Å². The number of benzene rings is 2. The third-order valence-electron chi connectivity index (χ3n) is 4.05. The SMILES string of the molecule is Cc1cc(C)c2c(c1)c1cc(C)cc(C)c1[s+]2C(F)(F)F.O=S(=O)([O-])C(F)(F)F. The minimum atomic E-state index is -6.09. The van der Waals surface area contributed by atoms with Gasteiger partial charge in [0.2, 0.25) is 0 Å². The number of rotatable bonds is 0. The Morgan fingerprint density at radius 2 is 1.07 bits per heavy atom. The van der Waals surface area contributed by atoms with Crippen LogP contribution in [0.5, 0.6) is 0 Å². The Bertz CT molecular complexity index is 1120. The fourth-order valence-electron chi connectivity index (χ4n) is 3.18. The summed E-state index contributed by atoms with van der Waals surface area (Å²) in [5.74, 6) is 0. The highest BCUT2D eigenvalue weighted by Gasteiger charge is 2.48. The molecule has 0 fully saturated rings. The van der Waals surface area contributed by atoms with Gasteiger partial charge in [-0.05, 0) is 51.0 Å². The first-order chi connectivity index (χ1) is 12.9. The first-order valence-electron chi connectivity index (χ1n) is 8.01. The molecule has 0 aliphatic rings. The molecule has 0 radical (unpaired) electrons. The molecule has 1 aromatic heterocycles. The van der Waals surface area contributed by atoms with E-state index in [1.54, 1.807) is 13.8 Å². The zero-order valence-corrected chi connectivity index (χ0v) is 17.3. The van der Waals surface area contributed by atoms with Crippen LogP contribution in [0.2, 0.25) is 0 Å². The lowest BCUT2D eigenvalue weighted by atomic mass is 10.0. The van der Waals surface area contributed by atoms with E-state index < -0.39 is 31.6 Å². The normalized spacial score (nSPS) is 12.9. The lowest BCUT2D eigenvalue weighted by Crippen LogP contribution is -2.21. The topological polar surface area (TPSA) is 57.2 Å². The van der Waals surface area contributed by atoms with Crippen LogP contribution in [-0.2, 0) is 15.6 Å². The number of fused-ring (bicyclic) bond motifs is 3. The van der Waals surface area contributed by atoms with Gasteiger partial charge in [0, 0.05) is 21.9 Å². The fourth-order valence-corrected chi connectivity index (χ4v) is 5.39. The molecule has 0 N–H and O–H groups in total. The Morgan fingerprint density at radius 1 is 0.759 bits per heavy atom. The summed E-state index contributed by atoms with van der Waals surface area (Å²) in [5.41, 5.74) is -6.40. The van der Waals surface area contributed by atoms with Crippen molar-refractivity contribution in [3.8, 4) is 0 Å². The first kappa shape index (κ1) is 23.4. The lowest BCUT2D eigenvalue weighted by molar-refractivity contribution is -0.0863. The number of aryl methyl sites for hydroxylation is 4. The molecule has 0 atom stereocenters. The quantitative estimate of drug-likeness (QED) is 0.167. The smallest absolute Gasteiger partial charge is 0.601 e. The molecule has 3 aromatic rings. The zero-order valence-electron chi connectivity index (χ0n) is 15.6. The molecule has 0 unspecified atom stereocenters. The summed E-state index contributed by atoms with van der Waals surface area (Å²) in [4.78, 5) is 0. The van der Waals surface area contributed by atoms with Crippen molar-refractivity contribution in [3.05, 3.63) is 46.5 Å². The van der Waals surface area contributed by atoms with Crippen LogP contribution in [0, 0.1) is 27.7 Å². The number of thiophene rings is 1. The van der Waals surface area contributed by atoms with E-state index in [9.17, 15) is 26.3 Å². The predicted molar refractivity (Wildman–Crippen MR) is 99.9 cm³/mol. The Balaban J connectivity index is 0.000000321. The van der Waals surface area contributed by atoms with Crippen LogP contribution in [0.1, 0.15) is 22.3 Å². The maximum Gasteiger partial charge on any atom is 0.601 e. The van der Waals surface area contributed by atoms with Crippen molar-refractivity contribution in [3.63, 3.8) is 0 Å². The van der Waals surface area contributed by atoms with E-state index in [4.69, 9.17) is 13.0 Å². The number of halogens is 6. The molecular weight excluding hydrogens is 442 g/mol. The van der Waals surface area contributed by atoms with Gasteiger partial charge in [-0.25, -0.2) is 8.42 Å². The number of hydrogen-bond acceptors (Lipinski definition) is 3. The third kappa shape index (κ3) is 4.67. The van der Waals surface area contributed by atoms with Gasteiger partial charge >= 0.3 is 11.0 Å². The third-order valence-corrected chi connectivity index (χ3v) is 6.98. The molecule has 0 amide bonds. The molecule has 29 heavy (non-hydrogen) atoms. The van der Waals surface area contributed by atoms with Crippen LogP contribution in [0.3, 0.4) is 0 Å². The van der Waals surface area contributed by atoms with E-state index >= 15 is 0 Å². The second-order valence-electron chi connectivity index (χ2n) is 6.57. The first-order valence-corrected chi connectivity index (χ1v) is 10.6. The Hall–Kier alpha value is -1.85. The van der Waals surface area contributed by atoms with Crippen molar-refractivity contribution >= 4 is 40.8 Å². The summed E-state index contributed by atoms with van der Waals surface area (Å²) >= 11 is 0. The molecule has 0 bridgehead atoms. The molecule has 3 nitrogen and oxygen atoms in total. The molecule has 0 aliphatic heterocycles. The van der Waals surface area contributed by atoms with Gasteiger partial charge in [-0.1, -0.05) is 12.1 Å². The standard InChI is InChI=1S/C17H16F3S.CHF3O3S/c1-9-5-11(3)15-13(7-9)14-8-10(2)6-12(4)16(14)21(15)17(18,19)20;2-1(3,4)8(5,6)7/h5-8H,1-4H3;(H,5,6,7)/q+1;/p-1. The van der Waals surface area contributed by atoms with Crippen molar-refractivity contribution in [2.45, 2.75) is 38.7 Å². The average molecular weight is 458 g/mol. The second-order valence-corrected chi connectivity index (χ2v) is 9.83. The minimum Gasteiger partial charge on any atom is -0.741 e. The Kier molecular flexibility index (Phi) is 6.01. The van der Waals surface area contributed by atoms with Crippen molar-refractivity contribution in [1.82, 2.24) is 0 Å². The summed E-state index contributed by atoms with van der Waals surface area (Å²) in [5, 5.41) is 1.52. The Labute approximate surface area is 165 Å². The van der Waals surface area contributed by atoms with Crippen LogP contribution >= 0.6 is 10.5 Å². The molecule has 0 spiro atoms. The van der Waals surface area contributed by atoms with E-state index in [0.29, 0.717) is 9.40 Å². The van der Waals surface area contributed by atoms with Crippen LogP contribution in [0.25, 0.3) is 20.2 Å². The van der Waals surface area contributed by atoms with Gasteiger partial charge in [0.05, 0.1) is 0 Å². The van der Waals surface area contributed by atoms with Crippen LogP contribution in [0.15, 0.2) is 24.3 Å². The van der Waals surface area contributed by atoms with Gasteiger partial charge in [0.25, 0.3) is 0 Å². The van der Waals surface area contributed by atoms with E-state index in [0.717, 1.165) is 33.0 Å². The molecule has 3 rings (SSSR count). The highest BCUT2D eigenvalue weighted by Crippen LogP contribution is 2.56. The summed E-state index contributed by atoms with van der Waals surface area (Å²) < 4.78 is 101. The predicted octanol–water partition coefficient (Wildman–Crippen LogP) is 6.50.